The Morgan fingerprint density at radius 3 is 1.91 bits per heavy atom. The SMILES string of the molecule is COC(=O)c1c(C)nc(-c2ccc(C(C)(C)C)cc2)nc1C. The highest BCUT2D eigenvalue weighted by atomic mass is 16.5. The van der Waals surface area contributed by atoms with E-state index in [1.165, 1.54) is 12.7 Å². The lowest BCUT2D eigenvalue weighted by molar-refractivity contribution is 0.0598. The minimum atomic E-state index is -0.398. The lowest BCUT2D eigenvalue weighted by Gasteiger charge is -2.19. The Balaban J connectivity index is 2.44. The molecule has 0 fully saturated rings. The molecular formula is C18H22N2O2. The summed E-state index contributed by atoms with van der Waals surface area (Å²) in [7, 11) is 1.36. The van der Waals surface area contributed by atoms with Crippen LogP contribution in [0.25, 0.3) is 11.4 Å². The number of nitrogens with zero attached hydrogens (tertiary/aromatic N) is 2. The van der Waals surface area contributed by atoms with Crippen molar-refractivity contribution in [3.63, 3.8) is 0 Å². The van der Waals surface area contributed by atoms with E-state index in [1.54, 1.807) is 13.8 Å². The van der Waals surface area contributed by atoms with E-state index in [2.05, 4.69) is 42.9 Å². The van der Waals surface area contributed by atoms with E-state index in [-0.39, 0.29) is 5.41 Å². The summed E-state index contributed by atoms with van der Waals surface area (Å²) in [5.74, 6) is 0.229. The molecule has 0 aliphatic heterocycles. The molecular weight excluding hydrogens is 276 g/mol. The summed E-state index contributed by atoms with van der Waals surface area (Å²) in [4.78, 5) is 20.7. The van der Waals surface area contributed by atoms with E-state index < -0.39 is 5.97 Å². The second-order valence-corrected chi connectivity index (χ2v) is 6.41. The van der Waals surface area contributed by atoms with Crippen LogP contribution in [0.4, 0.5) is 0 Å². The Morgan fingerprint density at radius 2 is 1.50 bits per heavy atom. The van der Waals surface area contributed by atoms with Crippen LogP contribution >= 0.6 is 0 Å². The van der Waals surface area contributed by atoms with Gasteiger partial charge in [-0.15, -0.1) is 0 Å². The van der Waals surface area contributed by atoms with Gasteiger partial charge in [0, 0.05) is 5.56 Å². The first kappa shape index (κ1) is 16.1. The van der Waals surface area contributed by atoms with Crippen molar-refractivity contribution in [2.75, 3.05) is 7.11 Å². The third-order valence-electron chi connectivity index (χ3n) is 3.67. The van der Waals surface area contributed by atoms with E-state index in [0.29, 0.717) is 22.8 Å². The van der Waals surface area contributed by atoms with Crippen molar-refractivity contribution >= 4 is 5.97 Å². The van der Waals surface area contributed by atoms with Crippen LogP contribution in [0.1, 0.15) is 48.1 Å². The van der Waals surface area contributed by atoms with Gasteiger partial charge in [-0.25, -0.2) is 14.8 Å². The molecule has 1 aromatic heterocycles. The predicted molar refractivity (Wildman–Crippen MR) is 87.0 cm³/mol. The normalized spacial score (nSPS) is 11.4. The third-order valence-corrected chi connectivity index (χ3v) is 3.67. The van der Waals surface area contributed by atoms with Crippen molar-refractivity contribution in [3.05, 3.63) is 46.8 Å². The number of carbonyl (C=O) groups is 1. The average molecular weight is 298 g/mol. The number of aryl methyl sites for hydroxylation is 2. The summed E-state index contributed by atoms with van der Waals surface area (Å²) in [5, 5.41) is 0. The van der Waals surface area contributed by atoms with Crippen LogP contribution in [0.3, 0.4) is 0 Å². The molecule has 4 heteroatoms. The zero-order valence-corrected chi connectivity index (χ0v) is 14.0. The fourth-order valence-electron chi connectivity index (χ4n) is 2.36. The zero-order valence-electron chi connectivity index (χ0n) is 14.0. The molecule has 2 aromatic rings. The largest absolute Gasteiger partial charge is 0.465 e. The first-order chi connectivity index (χ1) is 10.2. The topological polar surface area (TPSA) is 52.1 Å². The van der Waals surface area contributed by atoms with Gasteiger partial charge in [-0.2, -0.15) is 0 Å². The van der Waals surface area contributed by atoms with Gasteiger partial charge in [0.25, 0.3) is 0 Å². The standard InChI is InChI=1S/C18H22N2O2/c1-11-15(17(21)22-6)12(2)20-16(19-11)13-7-9-14(10-8-13)18(3,4)5/h7-10H,1-6H3. The minimum Gasteiger partial charge on any atom is -0.465 e. The summed E-state index contributed by atoms with van der Waals surface area (Å²) in [5.41, 5.74) is 4.02. The third kappa shape index (κ3) is 3.16. The number of hydrogen-bond donors (Lipinski definition) is 0. The molecule has 2 rings (SSSR count). The van der Waals surface area contributed by atoms with E-state index >= 15 is 0 Å². The van der Waals surface area contributed by atoms with Gasteiger partial charge in [0.15, 0.2) is 5.82 Å². The average Bonchev–Trinajstić information content (AvgIpc) is 2.45. The van der Waals surface area contributed by atoms with Gasteiger partial charge in [0.2, 0.25) is 0 Å². The molecule has 4 nitrogen and oxygen atoms in total. The van der Waals surface area contributed by atoms with Crippen LogP contribution in [0.15, 0.2) is 24.3 Å². The Labute approximate surface area is 131 Å². The summed E-state index contributed by atoms with van der Waals surface area (Å²) in [6.07, 6.45) is 0. The maximum atomic E-state index is 11.8. The fourth-order valence-corrected chi connectivity index (χ4v) is 2.36. The van der Waals surface area contributed by atoms with Crippen LogP contribution in [0, 0.1) is 13.8 Å². The lowest BCUT2D eigenvalue weighted by atomic mass is 9.86. The molecule has 0 bridgehead atoms. The smallest absolute Gasteiger partial charge is 0.341 e. The number of carbonyl (C=O) groups excluding carboxylic acids is 1. The maximum Gasteiger partial charge on any atom is 0.341 e. The molecule has 0 saturated heterocycles. The van der Waals surface area contributed by atoms with Gasteiger partial charge >= 0.3 is 5.97 Å². The number of hydrogen-bond acceptors (Lipinski definition) is 4. The van der Waals surface area contributed by atoms with Gasteiger partial charge in [0.1, 0.15) is 5.56 Å². The van der Waals surface area contributed by atoms with Crippen LogP contribution in [0.5, 0.6) is 0 Å². The number of aromatic nitrogens is 2. The molecule has 0 radical (unpaired) electrons. The molecule has 0 unspecified atom stereocenters. The number of rotatable bonds is 2. The molecule has 22 heavy (non-hydrogen) atoms. The quantitative estimate of drug-likeness (QED) is 0.790. The molecule has 0 aliphatic carbocycles. The van der Waals surface area contributed by atoms with Crippen molar-refractivity contribution in [1.82, 2.24) is 9.97 Å². The van der Waals surface area contributed by atoms with Gasteiger partial charge in [-0.1, -0.05) is 45.0 Å². The highest BCUT2D eigenvalue weighted by Crippen LogP contribution is 2.25. The number of ether oxygens (including phenoxy) is 1. The van der Waals surface area contributed by atoms with E-state index in [9.17, 15) is 4.79 Å². The molecule has 0 atom stereocenters. The summed E-state index contributed by atoms with van der Waals surface area (Å²) in [6, 6.07) is 8.23. The van der Waals surface area contributed by atoms with E-state index in [4.69, 9.17) is 4.74 Å². The Morgan fingerprint density at radius 1 is 1.00 bits per heavy atom. The maximum absolute atomic E-state index is 11.8. The van der Waals surface area contributed by atoms with Crippen molar-refractivity contribution < 1.29 is 9.53 Å². The second-order valence-electron chi connectivity index (χ2n) is 6.41. The highest BCUT2D eigenvalue weighted by molar-refractivity contribution is 5.91. The predicted octanol–water partition coefficient (Wildman–Crippen LogP) is 3.84. The number of methoxy groups -OCH3 is 1. The van der Waals surface area contributed by atoms with Crippen LogP contribution in [-0.2, 0) is 10.2 Å². The highest BCUT2D eigenvalue weighted by Gasteiger charge is 2.18. The molecule has 116 valence electrons. The minimum absolute atomic E-state index is 0.111. The van der Waals surface area contributed by atoms with E-state index in [1.807, 2.05) is 12.1 Å². The first-order valence-corrected chi connectivity index (χ1v) is 7.28. The van der Waals surface area contributed by atoms with Crippen molar-refractivity contribution in [1.29, 1.82) is 0 Å². The Kier molecular flexibility index (Phi) is 4.31. The summed E-state index contributed by atoms with van der Waals surface area (Å²) < 4.78 is 4.78. The summed E-state index contributed by atoms with van der Waals surface area (Å²) >= 11 is 0. The number of esters is 1. The summed E-state index contributed by atoms with van der Waals surface area (Å²) in [6.45, 7) is 10.1. The van der Waals surface area contributed by atoms with Gasteiger partial charge in [-0.05, 0) is 24.8 Å². The zero-order chi connectivity index (χ0) is 16.5. The molecule has 0 aliphatic rings. The lowest BCUT2D eigenvalue weighted by Crippen LogP contribution is -2.11. The Hall–Kier alpha value is -2.23. The van der Waals surface area contributed by atoms with E-state index in [0.717, 1.165) is 5.56 Å². The van der Waals surface area contributed by atoms with Gasteiger partial charge < -0.3 is 4.74 Å². The van der Waals surface area contributed by atoms with Crippen molar-refractivity contribution in [3.8, 4) is 11.4 Å². The van der Waals surface area contributed by atoms with Gasteiger partial charge in [0.05, 0.1) is 18.5 Å². The fraction of sp³-hybridized carbons (Fsp3) is 0.389. The van der Waals surface area contributed by atoms with Crippen LogP contribution in [-0.4, -0.2) is 23.0 Å². The van der Waals surface area contributed by atoms with Crippen molar-refractivity contribution in [2.45, 2.75) is 40.0 Å². The molecule has 0 amide bonds. The Bertz CT molecular complexity index is 675. The molecule has 0 N–H and O–H groups in total. The first-order valence-electron chi connectivity index (χ1n) is 7.28. The molecule has 1 heterocycles. The molecule has 0 saturated carbocycles. The molecule has 1 aromatic carbocycles. The van der Waals surface area contributed by atoms with Crippen LogP contribution in [0.2, 0.25) is 0 Å². The monoisotopic (exact) mass is 298 g/mol. The van der Waals surface area contributed by atoms with Gasteiger partial charge in [-0.3, -0.25) is 0 Å². The number of benzene rings is 1. The van der Waals surface area contributed by atoms with Crippen LogP contribution < -0.4 is 0 Å². The molecule has 0 spiro atoms. The van der Waals surface area contributed by atoms with Crippen molar-refractivity contribution in [2.24, 2.45) is 0 Å². The second kappa shape index (κ2) is 5.87.